The summed E-state index contributed by atoms with van der Waals surface area (Å²) in [7, 11) is 1.67. The predicted molar refractivity (Wildman–Crippen MR) is 130 cm³/mol. The minimum absolute atomic E-state index is 0.181. The number of aryl methyl sites for hydroxylation is 1. The quantitative estimate of drug-likeness (QED) is 0.365. The molecule has 0 bridgehead atoms. The third-order valence-corrected chi connectivity index (χ3v) is 5.99. The van der Waals surface area contributed by atoms with E-state index < -0.39 is 0 Å². The minimum atomic E-state index is -0.258. The van der Waals surface area contributed by atoms with Gasteiger partial charge in [-0.05, 0) is 67.8 Å². The van der Waals surface area contributed by atoms with E-state index in [9.17, 15) is 4.39 Å². The monoisotopic (exact) mass is 458 g/mol. The number of methoxy groups -OCH3 is 1. The van der Waals surface area contributed by atoms with Crippen LogP contribution in [0.1, 0.15) is 29.9 Å². The first-order valence-electron chi connectivity index (χ1n) is 11.4. The molecule has 174 valence electrons. The SMILES string of the molecule is COc1cc(/C=C/c2nc(-c3ccc(F)cc3)cn2CC2CCCO2)ccc1-n1cnc(C)c1. The van der Waals surface area contributed by atoms with E-state index in [0.29, 0.717) is 0 Å². The lowest BCUT2D eigenvalue weighted by Crippen LogP contribution is -2.15. The van der Waals surface area contributed by atoms with Crippen LogP contribution in [0.5, 0.6) is 5.75 Å². The standard InChI is InChI=1S/C27H27FN4O2/c1-19-15-32(18-29-19)25-11-5-20(14-26(25)33-2)6-12-27-30-24(21-7-9-22(28)10-8-21)17-31(27)16-23-4-3-13-34-23/h5-12,14-15,17-18,23H,3-4,13,16H2,1-2H3/b12-6+. The molecule has 1 atom stereocenters. The van der Waals surface area contributed by atoms with Crippen molar-refractivity contribution < 1.29 is 13.9 Å². The van der Waals surface area contributed by atoms with Gasteiger partial charge in [-0.2, -0.15) is 0 Å². The Bertz CT molecular complexity index is 1300. The molecule has 1 saturated heterocycles. The lowest BCUT2D eigenvalue weighted by Gasteiger charge is -2.11. The van der Waals surface area contributed by atoms with Crippen LogP contribution < -0.4 is 4.74 Å². The lowest BCUT2D eigenvalue weighted by molar-refractivity contribution is 0.0968. The largest absolute Gasteiger partial charge is 0.495 e. The van der Waals surface area contributed by atoms with E-state index in [1.807, 2.05) is 54.2 Å². The molecule has 3 heterocycles. The number of benzene rings is 2. The molecule has 0 N–H and O–H groups in total. The van der Waals surface area contributed by atoms with Crippen LogP contribution in [0.15, 0.2) is 61.2 Å². The number of imidazole rings is 2. The van der Waals surface area contributed by atoms with Gasteiger partial charge in [-0.3, -0.25) is 0 Å². The molecule has 0 spiro atoms. The number of halogens is 1. The molecule has 0 saturated carbocycles. The summed E-state index contributed by atoms with van der Waals surface area (Å²) in [5, 5.41) is 0. The molecule has 5 rings (SSSR count). The van der Waals surface area contributed by atoms with Gasteiger partial charge in [0.05, 0.1) is 43.2 Å². The summed E-state index contributed by atoms with van der Waals surface area (Å²) < 4.78 is 28.9. The number of nitrogens with zero attached hydrogens (tertiary/aromatic N) is 4. The van der Waals surface area contributed by atoms with Crippen molar-refractivity contribution in [2.45, 2.75) is 32.4 Å². The van der Waals surface area contributed by atoms with Gasteiger partial charge in [0.1, 0.15) is 17.4 Å². The fourth-order valence-corrected chi connectivity index (χ4v) is 4.21. The van der Waals surface area contributed by atoms with Crippen molar-refractivity contribution in [1.82, 2.24) is 19.1 Å². The molecule has 2 aromatic heterocycles. The van der Waals surface area contributed by atoms with Crippen LogP contribution in [0.25, 0.3) is 29.1 Å². The Labute approximate surface area is 198 Å². The van der Waals surface area contributed by atoms with Gasteiger partial charge in [0.15, 0.2) is 0 Å². The molecule has 0 radical (unpaired) electrons. The van der Waals surface area contributed by atoms with Crippen molar-refractivity contribution in [3.05, 3.63) is 84.1 Å². The molecular weight excluding hydrogens is 431 g/mol. The smallest absolute Gasteiger partial charge is 0.143 e. The van der Waals surface area contributed by atoms with Crippen LogP contribution in [-0.2, 0) is 11.3 Å². The third kappa shape index (κ3) is 4.79. The summed E-state index contributed by atoms with van der Waals surface area (Å²) in [6, 6.07) is 12.5. The van der Waals surface area contributed by atoms with Crippen molar-refractivity contribution in [2.24, 2.45) is 0 Å². The highest BCUT2D eigenvalue weighted by Crippen LogP contribution is 2.26. The van der Waals surface area contributed by atoms with Gasteiger partial charge in [-0.25, -0.2) is 14.4 Å². The lowest BCUT2D eigenvalue weighted by atomic mass is 10.1. The van der Waals surface area contributed by atoms with E-state index in [0.717, 1.165) is 65.8 Å². The highest BCUT2D eigenvalue weighted by atomic mass is 19.1. The second-order valence-electron chi connectivity index (χ2n) is 8.47. The first-order valence-corrected chi connectivity index (χ1v) is 11.4. The summed E-state index contributed by atoms with van der Waals surface area (Å²) in [5.74, 6) is 1.32. The average Bonchev–Trinajstić information content (AvgIpc) is 3.60. The van der Waals surface area contributed by atoms with Gasteiger partial charge in [-0.15, -0.1) is 0 Å². The minimum Gasteiger partial charge on any atom is -0.495 e. The zero-order valence-corrected chi connectivity index (χ0v) is 19.3. The summed E-state index contributed by atoms with van der Waals surface area (Å²) in [4.78, 5) is 9.13. The fourth-order valence-electron chi connectivity index (χ4n) is 4.21. The maximum atomic E-state index is 13.4. The Hall–Kier alpha value is -3.71. The van der Waals surface area contributed by atoms with Crippen molar-refractivity contribution in [3.8, 4) is 22.7 Å². The number of ether oxygens (including phenoxy) is 2. The molecule has 0 aliphatic carbocycles. The second kappa shape index (κ2) is 9.65. The highest BCUT2D eigenvalue weighted by Gasteiger charge is 2.18. The molecule has 1 unspecified atom stereocenters. The third-order valence-electron chi connectivity index (χ3n) is 5.99. The molecular formula is C27H27FN4O2. The first kappa shape index (κ1) is 22.1. The normalized spacial score (nSPS) is 15.9. The first-order chi connectivity index (χ1) is 16.6. The molecule has 1 aliphatic rings. The highest BCUT2D eigenvalue weighted by molar-refractivity contribution is 5.71. The average molecular weight is 459 g/mol. The maximum absolute atomic E-state index is 13.4. The van der Waals surface area contributed by atoms with Gasteiger partial charge in [0, 0.05) is 24.6 Å². The molecule has 0 amide bonds. The van der Waals surface area contributed by atoms with Crippen LogP contribution >= 0.6 is 0 Å². The second-order valence-corrected chi connectivity index (χ2v) is 8.47. The molecule has 7 heteroatoms. The molecule has 34 heavy (non-hydrogen) atoms. The zero-order chi connectivity index (χ0) is 23.5. The van der Waals surface area contributed by atoms with Gasteiger partial charge in [-0.1, -0.05) is 12.1 Å². The van der Waals surface area contributed by atoms with Crippen LogP contribution in [-0.4, -0.2) is 38.9 Å². The van der Waals surface area contributed by atoms with Crippen molar-refractivity contribution >= 4 is 12.2 Å². The van der Waals surface area contributed by atoms with Crippen LogP contribution in [0.4, 0.5) is 4.39 Å². The van der Waals surface area contributed by atoms with Crippen molar-refractivity contribution in [1.29, 1.82) is 0 Å². The van der Waals surface area contributed by atoms with E-state index in [2.05, 4.69) is 9.55 Å². The van der Waals surface area contributed by atoms with Gasteiger partial charge in [0.2, 0.25) is 0 Å². The number of rotatable bonds is 7. The number of aromatic nitrogens is 4. The Balaban J connectivity index is 1.45. The number of hydrogen-bond donors (Lipinski definition) is 0. The van der Waals surface area contributed by atoms with E-state index in [1.165, 1.54) is 12.1 Å². The molecule has 4 aromatic rings. The van der Waals surface area contributed by atoms with Crippen molar-refractivity contribution in [3.63, 3.8) is 0 Å². The summed E-state index contributed by atoms with van der Waals surface area (Å²) in [5.41, 5.74) is 4.55. The molecule has 1 fully saturated rings. The van der Waals surface area contributed by atoms with E-state index in [1.54, 1.807) is 25.6 Å². The summed E-state index contributed by atoms with van der Waals surface area (Å²) in [6.45, 7) is 3.49. The van der Waals surface area contributed by atoms with Crippen LogP contribution in [0.2, 0.25) is 0 Å². The van der Waals surface area contributed by atoms with Crippen molar-refractivity contribution in [2.75, 3.05) is 13.7 Å². The van der Waals surface area contributed by atoms with E-state index in [-0.39, 0.29) is 11.9 Å². The molecule has 6 nitrogen and oxygen atoms in total. The topological polar surface area (TPSA) is 54.1 Å². The summed E-state index contributed by atoms with van der Waals surface area (Å²) in [6.07, 6.45) is 12.1. The Morgan fingerprint density at radius 2 is 2.00 bits per heavy atom. The van der Waals surface area contributed by atoms with Crippen LogP contribution in [0.3, 0.4) is 0 Å². The maximum Gasteiger partial charge on any atom is 0.143 e. The fraction of sp³-hybridized carbons (Fsp3) is 0.259. The van der Waals surface area contributed by atoms with Gasteiger partial charge in [0.25, 0.3) is 0 Å². The Morgan fingerprint density at radius 3 is 2.71 bits per heavy atom. The van der Waals surface area contributed by atoms with E-state index in [4.69, 9.17) is 14.5 Å². The number of hydrogen-bond acceptors (Lipinski definition) is 4. The molecule has 1 aliphatic heterocycles. The Kier molecular flexibility index (Phi) is 6.27. The Morgan fingerprint density at radius 1 is 1.15 bits per heavy atom. The van der Waals surface area contributed by atoms with Gasteiger partial charge >= 0.3 is 0 Å². The predicted octanol–water partition coefficient (Wildman–Crippen LogP) is 5.54. The zero-order valence-electron chi connectivity index (χ0n) is 19.3. The van der Waals surface area contributed by atoms with Crippen LogP contribution in [0, 0.1) is 12.7 Å². The van der Waals surface area contributed by atoms with Gasteiger partial charge < -0.3 is 18.6 Å². The summed E-state index contributed by atoms with van der Waals surface area (Å²) >= 11 is 0. The van der Waals surface area contributed by atoms with E-state index >= 15 is 0 Å². The molecule has 2 aromatic carbocycles.